The Morgan fingerprint density at radius 2 is 1.68 bits per heavy atom. The van der Waals surface area contributed by atoms with Crippen molar-refractivity contribution in [3.05, 3.63) is 35.9 Å². The molecule has 0 bridgehead atoms. The van der Waals surface area contributed by atoms with Crippen LogP contribution in [0.2, 0.25) is 0 Å². The van der Waals surface area contributed by atoms with Crippen LogP contribution in [0.4, 0.5) is 13.2 Å². The molecule has 0 atom stereocenters. The highest BCUT2D eigenvalue weighted by molar-refractivity contribution is 5.87. The molecule has 1 aromatic carbocycles. The topological polar surface area (TPSA) is 58.2 Å². The Hall–Kier alpha value is -2.05. The van der Waals surface area contributed by atoms with Gasteiger partial charge in [0.1, 0.15) is 0 Å². The van der Waals surface area contributed by atoms with Gasteiger partial charge in [-0.15, -0.1) is 0 Å². The molecule has 0 aliphatic rings. The fourth-order valence-corrected chi connectivity index (χ4v) is 1.31. The summed E-state index contributed by atoms with van der Waals surface area (Å²) in [5, 5.41) is 3.91. The van der Waals surface area contributed by atoms with Gasteiger partial charge in [-0.2, -0.15) is 13.2 Å². The number of alkyl halides is 3. The molecule has 0 aliphatic carbocycles. The summed E-state index contributed by atoms with van der Waals surface area (Å²) < 4.78 is 35.5. The summed E-state index contributed by atoms with van der Waals surface area (Å²) in [6.07, 6.45) is -4.40. The molecule has 0 radical (unpaired) electrons. The first kappa shape index (κ1) is 15.0. The summed E-state index contributed by atoms with van der Waals surface area (Å²) in [7, 11) is 0. The lowest BCUT2D eigenvalue weighted by molar-refractivity contribution is -0.173. The molecule has 0 saturated heterocycles. The van der Waals surface area contributed by atoms with Crippen molar-refractivity contribution in [1.82, 2.24) is 10.6 Å². The molecule has 0 unspecified atom stereocenters. The number of nitrogens with one attached hydrogen (secondary N) is 2. The van der Waals surface area contributed by atoms with E-state index in [1.807, 2.05) is 30.3 Å². The largest absolute Gasteiger partial charge is 0.471 e. The lowest BCUT2D eigenvalue weighted by Gasteiger charge is -2.08. The van der Waals surface area contributed by atoms with Gasteiger partial charge in [0.15, 0.2) is 0 Å². The first-order valence-corrected chi connectivity index (χ1v) is 5.55. The molecule has 19 heavy (non-hydrogen) atoms. The van der Waals surface area contributed by atoms with E-state index >= 15 is 0 Å². The summed E-state index contributed by atoms with van der Waals surface area (Å²) in [5.41, 5.74) is 1.00. The van der Waals surface area contributed by atoms with Crippen LogP contribution in [-0.2, 0) is 16.0 Å². The van der Waals surface area contributed by atoms with Gasteiger partial charge in [0.2, 0.25) is 5.91 Å². The fraction of sp³-hybridized carbons (Fsp3) is 0.333. The van der Waals surface area contributed by atoms with Crippen molar-refractivity contribution < 1.29 is 22.8 Å². The predicted molar refractivity (Wildman–Crippen MR) is 62.2 cm³/mol. The van der Waals surface area contributed by atoms with Crippen LogP contribution in [0.3, 0.4) is 0 Å². The van der Waals surface area contributed by atoms with Gasteiger partial charge >= 0.3 is 12.1 Å². The molecular formula is C12H13F3N2O2. The van der Waals surface area contributed by atoms with Crippen molar-refractivity contribution in [2.45, 2.75) is 12.6 Å². The molecule has 1 aromatic rings. The average molecular weight is 274 g/mol. The van der Waals surface area contributed by atoms with Crippen LogP contribution in [0, 0.1) is 0 Å². The summed E-state index contributed by atoms with van der Waals surface area (Å²) in [4.78, 5) is 21.6. The Bertz CT molecular complexity index is 432. The zero-order valence-electron chi connectivity index (χ0n) is 9.96. The second kappa shape index (κ2) is 6.77. The number of amides is 2. The highest BCUT2D eigenvalue weighted by Crippen LogP contribution is 2.13. The molecule has 2 amide bonds. The summed E-state index contributed by atoms with van der Waals surface area (Å²) in [6.45, 7) is -0.391. The second-order valence-corrected chi connectivity index (χ2v) is 3.77. The molecule has 4 nitrogen and oxygen atoms in total. The van der Waals surface area contributed by atoms with E-state index in [-0.39, 0.29) is 0 Å². The van der Waals surface area contributed by atoms with Crippen LogP contribution in [0.1, 0.15) is 5.56 Å². The number of carbonyl (C=O) groups excluding carboxylic acids is 2. The number of hydrogen-bond acceptors (Lipinski definition) is 2. The molecule has 7 heteroatoms. The standard InChI is InChI=1S/C12H13F3N2O2/c13-12(14,15)11(19)17-8-10(18)16-7-6-9-4-2-1-3-5-9/h1-5H,6-8H2,(H,16,18)(H,17,19). The minimum Gasteiger partial charge on any atom is -0.354 e. The monoisotopic (exact) mass is 274 g/mol. The quantitative estimate of drug-likeness (QED) is 0.842. The van der Waals surface area contributed by atoms with Crippen molar-refractivity contribution in [3.63, 3.8) is 0 Å². The molecule has 0 aromatic heterocycles. The predicted octanol–water partition coefficient (Wildman–Crippen LogP) is 1.02. The molecule has 104 valence electrons. The van der Waals surface area contributed by atoms with E-state index in [0.717, 1.165) is 5.56 Å². The van der Waals surface area contributed by atoms with Crippen molar-refractivity contribution in [3.8, 4) is 0 Å². The van der Waals surface area contributed by atoms with Gasteiger partial charge < -0.3 is 10.6 Å². The zero-order valence-corrected chi connectivity index (χ0v) is 9.96. The number of carbonyl (C=O) groups is 2. The maximum Gasteiger partial charge on any atom is 0.471 e. The fourth-order valence-electron chi connectivity index (χ4n) is 1.31. The van der Waals surface area contributed by atoms with Gasteiger partial charge in [0.05, 0.1) is 6.54 Å². The normalized spacial score (nSPS) is 10.9. The third-order valence-corrected chi connectivity index (χ3v) is 2.25. The number of benzene rings is 1. The van der Waals surface area contributed by atoms with Crippen LogP contribution in [0.15, 0.2) is 30.3 Å². The number of hydrogen-bond donors (Lipinski definition) is 2. The van der Waals surface area contributed by atoms with E-state index in [4.69, 9.17) is 0 Å². The van der Waals surface area contributed by atoms with E-state index in [1.54, 1.807) is 0 Å². The number of halogens is 3. The summed E-state index contributed by atoms with van der Waals surface area (Å²) in [6, 6.07) is 9.30. The lowest BCUT2D eigenvalue weighted by Crippen LogP contribution is -2.43. The van der Waals surface area contributed by atoms with Crippen LogP contribution in [-0.4, -0.2) is 31.1 Å². The van der Waals surface area contributed by atoms with E-state index in [2.05, 4.69) is 5.32 Å². The maximum atomic E-state index is 11.8. The Labute approximate surface area is 108 Å². The van der Waals surface area contributed by atoms with Gasteiger partial charge in [0, 0.05) is 6.54 Å². The van der Waals surface area contributed by atoms with Crippen LogP contribution in [0.25, 0.3) is 0 Å². The smallest absolute Gasteiger partial charge is 0.354 e. The summed E-state index contributed by atoms with van der Waals surface area (Å²) >= 11 is 0. The van der Waals surface area contributed by atoms with E-state index in [0.29, 0.717) is 13.0 Å². The minimum atomic E-state index is -4.97. The Morgan fingerprint density at radius 3 is 2.26 bits per heavy atom. The van der Waals surface area contributed by atoms with Gasteiger partial charge in [-0.25, -0.2) is 0 Å². The number of rotatable bonds is 5. The Balaban J connectivity index is 2.20. The molecule has 1 rings (SSSR count). The van der Waals surface area contributed by atoms with Gasteiger partial charge in [0.25, 0.3) is 0 Å². The first-order chi connectivity index (χ1) is 8.89. The van der Waals surface area contributed by atoms with Crippen molar-refractivity contribution in [1.29, 1.82) is 0 Å². The molecule has 0 fully saturated rings. The first-order valence-electron chi connectivity index (χ1n) is 5.55. The molecule has 0 aliphatic heterocycles. The van der Waals surface area contributed by atoms with Crippen LogP contribution >= 0.6 is 0 Å². The van der Waals surface area contributed by atoms with Gasteiger partial charge in [-0.3, -0.25) is 9.59 Å². The summed E-state index contributed by atoms with van der Waals surface area (Å²) in [5.74, 6) is -2.78. The Kier molecular flexibility index (Phi) is 5.35. The van der Waals surface area contributed by atoms with Gasteiger partial charge in [-0.1, -0.05) is 30.3 Å². The lowest BCUT2D eigenvalue weighted by atomic mass is 10.1. The minimum absolute atomic E-state index is 0.296. The molecule has 0 saturated carbocycles. The SMILES string of the molecule is O=C(CNC(=O)C(F)(F)F)NCCc1ccccc1. The Morgan fingerprint density at radius 1 is 1.05 bits per heavy atom. The van der Waals surface area contributed by atoms with Crippen LogP contribution < -0.4 is 10.6 Å². The van der Waals surface area contributed by atoms with Crippen molar-refractivity contribution in [2.24, 2.45) is 0 Å². The molecule has 0 heterocycles. The van der Waals surface area contributed by atoms with E-state index in [1.165, 1.54) is 5.32 Å². The van der Waals surface area contributed by atoms with E-state index in [9.17, 15) is 22.8 Å². The van der Waals surface area contributed by atoms with Crippen molar-refractivity contribution in [2.75, 3.05) is 13.1 Å². The van der Waals surface area contributed by atoms with E-state index < -0.39 is 24.5 Å². The molecule has 0 spiro atoms. The highest BCUT2D eigenvalue weighted by atomic mass is 19.4. The third-order valence-electron chi connectivity index (χ3n) is 2.25. The van der Waals surface area contributed by atoms with Gasteiger partial charge in [-0.05, 0) is 12.0 Å². The maximum absolute atomic E-state index is 11.8. The third kappa shape index (κ3) is 5.89. The molecular weight excluding hydrogens is 261 g/mol. The average Bonchev–Trinajstić information content (AvgIpc) is 2.36. The second-order valence-electron chi connectivity index (χ2n) is 3.77. The molecule has 2 N–H and O–H groups in total. The van der Waals surface area contributed by atoms with Crippen LogP contribution in [0.5, 0.6) is 0 Å². The van der Waals surface area contributed by atoms with Crippen molar-refractivity contribution >= 4 is 11.8 Å². The zero-order chi connectivity index (χ0) is 14.3. The highest BCUT2D eigenvalue weighted by Gasteiger charge is 2.38.